The molecule has 6 nitrogen and oxygen atoms in total. The average Bonchev–Trinajstić information content (AvgIpc) is 2.44. The highest BCUT2D eigenvalue weighted by atomic mass is 35.5. The Bertz CT molecular complexity index is 530. The minimum absolute atomic E-state index is 0.318. The molecule has 1 amide bonds. The lowest BCUT2D eigenvalue weighted by Crippen LogP contribution is -2.30. The van der Waals surface area contributed by atoms with Crippen molar-refractivity contribution >= 4 is 35.0 Å². The van der Waals surface area contributed by atoms with Crippen LogP contribution in [0.15, 0.2) is 17.3 Å². The van der Waals surface area contributed by atoms with E-state index in [0.29, 0.717) is 16.7 Å². The fourth-order valence-corrected chi connectivity index (χ4v) is 1.42. The molecule has 1 aromatic rings. The average molecular weight is 314 g/mol. The van der Waals surface area contributed by atoms with E-state index in [1.165, 1.54) is 7.11 Å². The molecule has 0 saturated heterocycles. The van der Waals surface area contributed by atoms with Crippen LogP contribution in [0.5, 0.6) is 0 Å². The van der Waals surface area contributed by atoms with Gasteiger partial charge in [0.05, 0.1) is 12.8 Å². The molecule has 0 unspecified atom stereocenters. The highest BCUT2D eigenvalue weighted by molar-refractivity contribution is 6.29. The fraction of sp³-hybridized carbons (Fsp3) is 0.429. The summed E-state index contributed by atoms with van der Waals surface area (Å²) in [5.74, 6) is -0.724. The van der Waals surface area contributed by atoms with Gasteiger partial charge in [0.15, 0.2) is 0 Å². The maximum atomic E-state index is 11.4. The lowest BCUT2D eigenvalue weighted by Gasteiger charge is -2.05. The minimum Gasteiger partial charge on any atom is -0.469 e. The van der Waals surface area contributed by atoms with Gasteiger partial charge in [-0.2, -0.15) is 0 Å². The van der Waals surface area contributed by atoms with Gasteiger partial charge in [0, 0.05) is 12.3 Å². The van der Waals surface area contributed by atoms with E-state index in [0.717, 1.165) is 5.56 Å². The van der Waals surface area contributed by atoms with Gasteiger partial charge in [-0.3, -0.25) is 9.59 Å². The summed E-state index contributed by atoms with van der Waals surface area (Å²) in [6, 6.07) is 1.59. The Morgan fingerprint density at radius 2 is 2.05 bits per heavy atom. The summed E-state index contributed by atoms with van der Waals surface area (Å²) in [5.41, 5.74) is 1.43. The van der Waals surface area contributed by atoms with Crippen LogP contribution < -0.4 is 5.32 Å². The molecule has 1 heterocycles. The number of aliphatic imine (C=N–C) groups is 1. The third-order valence-corrected chi connectivity index (χ3v) is 2.39. The Kier molecular flexibility index (Phi) is 8.96. The molecule has 0 bridgehead atoms. The van der Waals surface area contributed by atoms with Crippen molar-refractivity contribution in [3.63, 3.8) is 0 Å². The molecule has 0 spiro atoms. The summed E-state index contributed by atoms with van der Waals surface area (Å²) in [4.78, 5) is 30.5. The van der Waals surface area contributed by atoms with Crippen LogP contribution in [0.2, 0.25) is 5.15 Å². The number of hydrogen-bond acceptors (Lipinski definition) is 5. The van der Waals surface area contributed by atoms with Gasteiger partial charge in [-0.25, -0.2) is 9.98 Å². The molecule has 0 atom stereocenters. The number of methoxy groups -OCH3 is 1. The highest BCUT2D eigenvalue weighted by Crippen LogP contribution is 2.20. The third-order valence-electron chi connectivity index (χ3n) is 2.18. The topological polar surface area (TPSA) is 80.7 Å². The number of ether oxygens (including phenoxy) is 1. The summed E-state index contributed by atoms with van der Waals surface area (Å²) >= 11 is 5.76. The number of hydrogen-bond donors (Lipinski definition) is 1. The molecule has 1 rings (SSSR count). The van der Waals surface area contributed by atoms with E-state index in [1.807, 2.05) is 20.8 Å². The zero-order chi connectivity index (χ0) is 16.4. The van der Waals surface area contributed by atoms with Gasteiger partial charge < -0.3 is 10.1 Å². The van der Waals surface area contributed by atoms with Crippen molar-refractivity contribution in [1.29, 1.82) is 0 Å². The lowest BCUT2D eigenvalue weighted by atomic mass is 10.3. The molecule has 116 valence electrons. The van der Waals surface area contributed by atoms with Crippen LogP contribution >= 0.6 is 11.6 Å². The van der Waals surface area contributed by atoms with Crippen LogP contribution in [-0.4, -0.2) is 29.8 Å². The number of aromatic nitrogens is 1. The van der Waals surface area contributed by atoms with E-state index in [9.17, 15) is 9.59 Å². The fourth-order valence-electron chi connectivity index (χ4n) is 1.27. The first-order valence-corrected chi connectivity index (χ1v) is 6.84. The van der Waals surface area contributed by atoms with Crippen molar-refractivity contribution in [2.75, 3.05) is 7.11 Å². The molecule has 1 aromatic heterocycles. The van der Waals surface area contributed by atoms with Crippen molar-refractivity contribution in [2.45, 2.75) is 34.1 Å². The first-order chi connectivity index (χ1) is 9.92. The van der Waals surface area contributed by atoms with E-state index in [-0.39, 0.29) is 6.42 Å². The Balaban J connectivity index is 0.00000191. The number of esters is 1. The van der Waals surface area contributed by atoms with Crippen LogP contribution in [-0.2, 0) is 14.3 Å². The second-order valence-electron chi connectivity index (χ2n) is 3.79. The Labute approximate surface area is 129 Å². The smallest absolute Gasteiger partial charge is 0.315 e. The van der Waals surface area contributed by atoms with Crippen LogP contribution in [0.1, 0.15) is 32.8 Å². The van der Waals surface area contributed by atoms with Crippen molar-refractivity contribution < 1.29 is 14.3 Å². The predicted molar refractivity (Wildman–Crippen MR) is 82.9 cm³/mol. The van der Waals surface area contributed by atoms with E-state index in [1.54, 1.807) is 19.2 Å². The Morgan fingerprint density at radius 1 is 1.43 bits per heavy atom. The standard InChI is InChI=1S/C12H14ClN3O3.C2H6/c1-7-6-14-10(13)4-9(7)15-8(2)16-11(17)5-12(18)19-3;1-2/h4,6H,5H2,1-3H3,(H,14,15,16,17);1-2H3. The number of halogens is 1. The van der Waals surface area contributed by atoms with Gasteiger partial charge in [0.1, 0.15) is 17.4 Å². The number of rotatable bonds is 3. The third kappa shape index (κ3) is 7.41. The molecule has 21 heavy (non-hydrogen) atoms. The number of amidine groups is 1. The van der Waals surface area contributed by atoms with Gasteiger partial charge in [-0.15, -0.1) is 0 Å². The van der Waals surface area contributed by atoms with Crippen LogP contribution in [0.4, 0.5) is 5.69 Å². The first kappa shape index (κ1) is 19.1. The molecule has 0 aliphatic carbocycles. The van der Waals surface area contributed by atoms with Gasteiger partial charge in [-0.05, 0) is 19.4 Å². The molecule has 0 aromatic carbocycles. The largest absolute Gasteiger partial charge is 0.469 e. The maximum absolute atomic E-state index is 11.4. The van der Waals surface area contributed by atoms with Crippen LogP contribution in [0, 0.1) is 6.92 Å². The highest BCUT2D eigenvalue weighted by Gasteiger charge is 2.10. The van der Waals surface area contributed by atoms with Crippen LogP contribution in [0.3, 0.4) is 0 Å². The van der Waals surface area contributed by atoms with E-state index < -0.39 is 11.9 Å². The predicted octanol–water partition coefficient (Wildman–Crippen LogP) is 2.80. The van der Waals surface area contributed by atoms with E-state index in [4.69, 9.17) is 11.6 Å². The summed E-state index contributed by atoms with van der Waals surface area (Å²) in [7, 11) is 1.22. The van der Waals surface area contributed by atoms with Gasteiger partial charge in [0.2, 0.25) is 5.91 Å². The summed E-state index contributed by atoms with van der Waals surface area (Å²) in [5, 5.41) is 2.80. The monoisotopic (exact) mass is 313 g/mol. The number of carbonyl (C=O) groups excluding carboxylic acids is 2. The molecule has 0 aliphatic rings. The summed E-state index contributed by atoms with van der Waals surface area (Å²) < 4.78 is 4.39. The molecule has 7 heteroatoms. The van der Waals surface area contributed by atoms with Gasteiger partial charge in [0.25, 0.3) is 0 Å². The van der Waals surface area contributed by atoms with Crippen LogP contribution in [0.25, 0.3) is 0 Å². The Morgan fingerprint density at radius 3 is 2.62 bits per heavy atom. The Hall–Kier alpha value is -1.95. The van der Waals surface area contributed by atoms with Crippen molar-refractivity contribution in [1.82, 2.24) is 10.3 Å². The molecular weight excluding hydrogens is 294 g/mol. The number of carbonyl (C=O) groups is 2. The summed E-state index contributed by atoms with van der Waals surface area (Å²) in [6.07, 6.45) is 1.24. The minimum atomic E-state index is -0.603. The normalized spacial score (nSPS) is 10.3. The number of amides is 1. The SMILES string of the molecule is CC.COC(=O)CC(=O)NC(C)=Nc1cc(Cl)ncc1C. The maximum Gasteiger partial charge on any atom is 0.315 e. The van der Waals surface area contributed by atoms with Gasteiger partial charge >= 0.3 is 5.97 Å². The zero-order valence-corrected chi connectivity index (χ0v) is 13.6. The van der Waals surface area contributed by atoms with Gasteiger partial charge in [-0.1, -0.05) is 25.4 Å². The van der Waals surface area contributed by atoms with Crippen molar-refractivity contribution in [3.8, 4) is 0 Å². The molecule has 0 aliphatic heterocycles. The zero-order valence-electron chi connectivity index (χ0n) is 12.9. The second kappa shape index (κ2) is 9.88. The molecular formula is C14H20ClN3O3. The number of nitrogens with one attached hydrogen (secondary N) is 1. The molecule has 0 fully saturated rings. The summed E-state index contributed by atoms with van der Waals surface area (Å²) in [6.45, 7) is 7.44. The molecule has 0 radical (unpaired) electrons. The quantitative estimate of drug-likeness (QED) is 0.306. The van der Waals surface area contributed by atoms with Crippen molar-refractivity contribution in [2.24, 2.45) is 4.99 Å². The number of pyridine rings is 1. The molecule has 1 N–H and O–H groups in total. The van der Waals surface area contributed by atoms with Crippen molar-refractivity contribution in [3.05, 3.63) is 23.0 Å². The van der Waals surface area contributed by atoms with E-state index in [2.05, 4.69) is 20.0 Å². The second-order valence-corrected chi connectivity index (χ2v) is 4.18. The first-order valence-electron chi connectivity index (χ1n) is 6.46. The van der Waals surface area contributed by atoms with E-state index >= 15 is 0 Å². The number of aryl methyl sites for hydroxylation is 1. The lowest BCUT2D eigenvalue weighted by molar-refractivity contribution is -0.143. The number of nitrogens with zero attached hydrogens (tertiary/aromatic N) is 2. The molecule has 0 saturated carbocycles.